The maximum atomic E-state index is 12.8. The molecule has 0 saturated carbocycles. The van der Waals surface area contributed by atoms with E-state index in [1.54, 1.807) is 16.2 Å². The van der Waals surface area contributed by atoms with Gasteiger partial charge in [0.05, 0.1) is 16.5 Å². The number of hydrogen-bond donors (Lipinski definition) is 1. The summed E-state index contributed by atoms with van der Waals surface area (Å²) >= 11 is 7.61. The zero-order chi connectivity index (χ0) is 20.4. The lowest BCUT2D eigenvalue weighted by atomic mass is 9.94. The third-order valence-electron chi connectivity index (χ3n) is 4.93. The average molecular weight is 429 g/mol. The van der Waals surface area contributed by atoms with Crippen LogP contribution in [0.3, 0.4) is 0 Å². The van der Waals surface area contributed by atoms with Gasteiger partial charge in [0.25, 0.3) is 5.89 Å². The van der Waals surface area contributed by atoms with Crippen LogP contribution in [0.15, 0.2) is 52.0 Å². The highest BCUT2D eigenvalue weighted by atomic mass is 35.5. The number of carbonyl (C=O) groups excluding carboxylic acids is 1. The van der Waals surface area contributed by atoms with Crippen LogP contribution in [0.1, 0.15) is 44.2 Å². The number of benzene rings is 1. The first kappa shape index (κ1) is 19.7. The molecule has 1 atom stereocenters. The standard InChI is InChI=1S/C21H21ClN4O2S/c1-3-4-11-26-13(2)17(20-24-19(25-28-20)16-6-5-12-29-16)18(23-21(26)27)14-7-9-15(22)10-8-14/h5-10,12,18H,3-4,11H2,1-2H3,(H,23,27). The summed E-state index contributed by atoms with van der Waals surface area (Å²) in [6.07, 6.45) is 1.91. The van der Waals surface area contributed by atoms with Crippen molar-refractivity contribution in [3.63, 3.8) is 0 Å². The van der Waals surface area contributed by atoms with Crippen LogP contribution in [0.2, 0.25) is 5.02 Å². The van der Waals surface area contributed by atoms with Gasteiger partial charge in [-0.05, 0) is 42.5 Å². The summed E-state index contributed by atoms with van der Waals surface area (Å²) in [6, 6.07) is 10.8. The molecule has 0 radical (unpaired) electrons. The molecule has 1 N–H and O–H groups in total. The van der Waals surface area contributed by atoms with Crippen LogP contribution in [0.4, 0.5) is 4.79 Å². The summed E-state index contributed by atoms with van der Waals surface area (Å²) in [5, 5.41) is 9.86. The number of nitrogens with zero attached hydrogens (tertiary/aromatic N) is 3. The second-order valence-corrected chi connectivity index (χ2v) is 8.22. The number of urea groups is 1. The number of halogens is 1. The van der Waals surface area contributed by atoms with Crippen molar-refractivity contribution in [3.05, 3.63) is 64.0 Å². The van der Waals surface area contributed by atoms with E-state index in [1.807, 2.05) is 48.7 Å². The lowest BCUT2D eigenvalue weighted by Gasteiger charge is -2.35. The second-order valence-electron chi connectivity index (χ2n) is 6.84. The lowest BCUT2D eigenvalue weighted by Crippen LogP contribution is -2.46. The van der Waals surface area contributed by atoms with Crippen LogP contribution in [-0.4, -0.2) is 27.6 Å². The Bertz CT molecular complexity index is 1030. The predicted octanol–water partition coefficient (Wildman–Crippen LogP) is 5.75. The molecule has 2 amide bonds. The van der Waals surface area contributed by atoms with Crippen molar-refractivity contribution >= 4 is 34.5 Å². The van der Waals surface area contributed by atoms with E-state index in [1.165, 1.54) is 0 Å². The van der Waals surface area contributed by atoms with Gasteiger partial charge in [-0.15, -0.1) is 11.3 Å². The Morgan fingerprint density at radius 3 is 2.76 bits per heavy atom. The number of rotatable bonds is 6. The predicted molar refractivity (Wildman–Crippen MR) is 115 cm³/mol. The third kappa shape index (κ3) is 3.93. The van der Waals surface area contributed by atoms with E-state index < -0.39 is 6.04 Å². The van der Waals surface area contributed by atoms with E-state index in [4.69, 9.17) is 16.1 Å². The summed E-state index contributed by atoms with van der Waals surface area (Å²) in [5.41, 5.74) is 2.53. The SMILES string of the molecule is CCCCN1C(=O)NC(c2ccc(Cl)cc2)C(c2nc(-c3cccs3)no2)=C1C. The van der Waals surface area contributed by atoms with Gasteiger partial charge in [-0.3, -0.25) is 4.90 Å². The first-order valence-electron chi connectivity index (χ1n) is 9.50. The van der Waals surface area contributed by atoms with Gasteiger partial charge in [0.2, 0.25) is 5.82 Å². The normalized spacial score (nSPS) is 17.0. The van der Waals surface area contributed by atoms with Crippen molar-refractivity contribution in [2.45, 2.75) is 32.7 Å². The first-order chi connectivity index (χ1) is 14.1. The van der Waals surface area contributed by atoms with E-state index in [-0.39, 0.29) is 6.03 Å². The van der Waals surface area contributed by atoms with Crippen LogP contribution < -0.4 is 5.32 Å². The molecule has 1 aliphatic rings. The van der Waals surface area contributed by atoms with Crippen molar-refractivity contribution in [3.8, 4) is 10.7 Å². The summed E-state index contributed by atoms with van der Waals surface area (Å²) in [7, 11) is 0. The summed E-state index contributed by atoms with van der Waals surface area (Å²) in [4.78, 5) is 20.1. The summed E-state index contributed by atoms with van der Waals surface area (Å²) in [6.45, 7) is 4.67. The van der Waals surface area contributed by atoms with Gasteiger partial charge in [-0.2, -0.15) is 4.98 Å². The number of amides is 2. The van der Waals surface area contributed by atoms with Gasteiger partial charge in [-0.1, -0.05) is 48.3 Å². The van der Waals surface area contributed by atoms with Gasteiger partial charge < -0.3 is 9.84 Å². The van der Waals surface area contributed by atoms with Gasteiger partial charge >= 0.3 is 6.03 Å². The minimum atomic E-state index is -0.394. The molecule has 29 heavy (non-hydrogen) atoms. The molecule has 6 nitrogen and oxygen atoms in total. The van der Waals surface area contributed by atoms with E-state index >= 15 is 0 Å². The third-order valence-corrected chi connectivity index (χ3v) is 6.05. The van der Waals surface area contributed by atoms with Crippen molar-refractivity contribution in [1.82, 2.24) is 20.4 Å². The topological polar surface area (TPSA) is 71.3 Å². The van der Waals surface area contributed by atoms with Crippen molar-refractivity contribution in [2.24, 2.45) is 0 Å². The number of nitrogens with one attached hydrogen (secondary N) is 1. The molecule has 1 aromatic carbocycles. The smallest absolute Gasteiger partial charge is 0.322 e. The number of aromatic nitrogens is 2. The van der Waals surface area contributed by atoms with Gasteiger partial charge in [0.1, 0.15) is 0 Å². The second kappa shape index (κ2) is 8.39. The van der Waals surface area contributed by atoms with E-state index in [0.29, 0.717) is 23.3 Å². The maximum Gasteiger partial charge on any atom is 0.322 e. The highest BCUT2D eigenvalue weighted by molar-refractivity contribution is 7.13. The fraction of sp³-hybridized carbons (Fsp3) is 0.286. The highest BCUT2D eigenvalue weighted by Gasteiger charge is 2.35. The van der Waals surface area contributed by atoms with Gasteiger partial charge in [0.15, 0.2) is 0 Å². The van der Waals surface area contributed by atoms with Crippen molar-refractivity contribution in [2.75, 3.05) is 6.54 Å². The minimum Gasteiger partial charge on any atom is -0.334 e. The Kier molecular flexibility index (Phi) is 5.69. The molecule has 2 aromatic heterocycles. The molecule has 8 heteroatoms. The Hall–Kier alpha value is -2.64. The summed E-state index contributed by atoms with van der Waals surface area (Å²) in [5.74, 6) is 0.953. The molecule has 4 rings (SSSR count). The fourth-order valence-electron chi connectivity index (χ4n) is 3.39. The van der Waals surface area contributed by atoms with Crippen LogP contribution >= 0.6 is 22.9 Å². The highest BCUT2D eigenvalue weighted by Crippen LogP contribution is 2.38. The Balaban J connectivity index is 1.79. The molecular weight excluding hydrogens is 408 g/mol. The molecule has 3 heterocycles. The number of thiophene rings is 1. The van der Waals surface area contributed by atoms with Gasteiger partial charge in [-0.25, -0.2) is 4.79 Å². The molecule has 0 bridgehead atoms. The number of hydrogen-bond acceptors (Lipinski definition) is 5. The molecule has 0 saturated heterocycles. The molecule has 3 aromatic rings. The average Bonchev–Trinajstić information content (AvgIpc) is 3.40. The lowest BCUT2D eigenvalue weighted by molar-refractivity contribution is 0.204. The molecule has 0 spiro atoms. The van der Waals surface area contributed by atoms with Gasteiger partial charge in [0, 0.05) is 17.3 Å². The minimum absolute atomic E-state index is 0.127. The largest absolute Gasteiger partial charge is 0.334 e. The Morgan fingerprint density at radius 2 is 2.07 bits per heavy atom. The van der Waals surface area contributed by atoms with E-state index in [2.05, 4.69) is 22.4 Å². The molecule has 1 unspecified atom stereocenters. The zero-order valence-corrected chi connectivity index (χ0v) is 17.8. The number of unbranched alkanes of at least 4 members (excludes halogenated alkanes) is 1. The first-order valence-corrected chi connectivity index (χ1v) is 10.8. The van der Waals surface area contributed by atoms with Crippen LogP contribution in [0.5, 0.6) is 0 Å². The maximum absolute atomic E-state index is 12.8. The Morgan fingerprint density at radius 1 is 1.28 bits per heavy atom. The molecule has 0 fully saturated rings. The Labute approximate surface area is 178 Å². The number of allylic oxidation sites excluding steroid dienone is 1. The summed E-state index contributed by atoms with van der Waals surface area (Å²) < 4.78 is 5.65. The van der Waals surface area contributed by atoms with Crippen LogP contribution in [0, 0.1) is 0 Å². The van der Waals surface area contributed by atoms with Crippen molar-refractivity contribution in [1.29, 1.82) is 0 Å². The number of carbonyl (C=O) groups is 1. The van der Waals surface area contributed by atoms with Crippen LogP contribution in [0.25, 0.3) is 16.3 Å². The van der Waals surface area contributed by atoms with Crippen molar-refractivity contribution < 1.29 is 9.32 Å². The quantitative estimate of drug-likeness (QED) is 0.542. The molecular formula is C21H21ClN4O2S. The molecule has 0 aliphatic carbocycles. The van der Waals surface area contributed by atoms with Crippen LogP contribution in [-0.2, 0) is 0 Å². The fourth-order valence-corrected chi connectivity index (χ4v) is 4.16. The molecule has 150 valence electrons. The molecule has 1 aliphatic heterocycles. The van der Waals surface area contributed by atoms with E-state index in [9.17, 15) is 4.79 Å². The monoisotopic (exact) mass is 428 g/mol. The van der Waals surface area contributed by atoms with E-state index in [0.717, 1.165) is 34.6 Å². The zero-order valence-electron chi connectivity index (χ0n) is 16.2.